The summed E-state index contributed by atoms with van der Waals surface area (Å²) in [6.07, 6.45) is 4.80. The Morgan fingerprint density at radius 1 is 1.18 bits per heavy atom. The molecule has 5 nitrogen and oxygen atoms in total. The van der Waals surface area contributed by atoms with Crippen LogP contribution in [-0.2, 0) is 0 Å². The lowest BCUT2D eigenvalue weighted by Crippen LogP contribution is -2.05. The van der Waals surface area contributed by atoms with Gasteiger partial charge in [-0.05, 0) is 49.9 Å². The molecular weight excluding hydrogens is 298 g/mol. The number of phenols is 1. The van der Waals surface area contributed by atoms with E-state index in [1.165, 1.54) is 49.6 Å². The molecule has 2 aliphatic rings. The molecule has 0 radical (unpaired) electrons. The number of aromatic nitrogens is 3. The van der Waals surface area contributed by atoms with Crippen molar-refractivity contribution in [3.63, 3.8) is 0 Å². The van der Waals surface area contributed by atoms with Gasteiger partial charge in [0.15, 0.2) is 10.9 Å². The van der Waals surface area contributed by atoms with Crippen molar-refractivity contribution in [1.82, 2.24) is 14.8 Å². The molecule has 2 saturated carbocycles. The van der Waals surface area contributed by atoms with E-state index in [4.69, 9.17) is 0 Å². The quantitative estimate of drug-likeness (QED) is 0.655. The molecule has 0 saturated heterocycles. The van der Waals surface area contributed by atoms with Gasteiger partial charge in [0, 0.05) is 17.5 Å². The van der Waals surface area contributed by atoms with Gasteiger partial charge in [-0.2, -0.15) is 0 Å². The van der Waals surface area contributed by atoms with Crippen LogP contribution >= 0.6 is 11.8 Å². The second kappa shape index (κ2) is 5.43. The van der Waals surface area contributed by atoms with Gasteiger partial charge in [0.25, 0.3) is 0 Å². The molecule has 6 heteroatoms. The second-order valence-corrected chi connectivity index (χ2v) is 6.92. The predicted molar refractivity (Wildman–Crippen MR) is 83.4 cm³/mol. The zero-order valence-corrected chi connectivity index (χ0v) is 12.9. The molecule has 1 heterocycles. The van der Waals surface area contributed by atoms with E-state index < -0.39 is 0 Å². The highest BCUT2D eigenvalue weighted by atomic mass is 32.2. The van der Waals surface area contributed by atoms with Crippen LogP contribution in [0.4, 0.5) is 0 Å². The number of nitrogens with zero attached hydrogens (tertiary/aromatic N) is 3. The maximum Gasteiger partial charge on any atom is 0.191 e. The fraction of sp³-hybridized carbons (Fsp3) is 0.438. The highest BCUT2D eigenvalue weighted by Crippen LogP contribution is 2.46. The topological polar surface area (TPSA) is 68.0 Å². The third-order valence-electron chi connectivity index (χ3n) is 4.07. The van der Waals surface area contributed by atoms with Crippen LogP contribution < -0.4 is 0 Å². The standard InChI is InChI=1S/C16H17N3O2S/c20-13-7-3-10(4-8-13)14(21)9-22-16-18-17-15(11-1-2-11)19(16)12-5-6-12/h3-4,7-8,11-12,20H,1-2,5-6,9H2. The highest BCUT2D eigenvalue weighted by Gasteiger charge is 2.36. The third-order valence-corrected chi connectivity index (χ3v) is 5.01. The van der Waals surface area contributed by atoms with Gasteiger partial charge in [-0.3, -0.25) is 4.79 Å². The van der Waals surface area contributed by atoms with Gasteiger partial charge >= 0.3 is 0 Å². The summed E-state index contributed by atoms with van der Waals surface area (Å²) < 4.78 is 2.26. The molecule has 0 aliphatic heterocycles. The lowest BCUT2D eigenvalue weighted by molar-refractivity contribution is 0.102. The van der Waals surface area contributed by atoms with E-state index in [9.17, 15) is 9.90 Å². The molecule has 114 valence electrons. The zero-order chi connectivity index (χ0) is 15.1. The Morgan fingerprint density at radius 2 is 1.91 bits per heavy atom. The minimum absolute atomic E-state index is 0.0447. The van der Waals surface area contributed by atoms with Crippen molar-refractivity contribution in [3.8, 4) is 5.75 Å². The van der Waals surface area contributed by atoms with Crippen LogP contribution in [0, 0.1) is 0 Å². The molecule has 2 fully saturated rings. The monoisotopic (exact) mass is 315 g/mol. The molecule has 0 spiro atoms. The number of hydrogen-bond acceptors (Lipinski definition) is 5. The normalized spacial score (nSPS) is 17.6. The van der Waals surface area contributed by atoms with Crippen LogP contribution in [0.3, 0.4) is 0 Å². The minimum atomic E-state index is 0.0447. The van der Waals surface area contributed by atoms with Crippen LogP contribution in [-0.4, -0.2) is 31.4 Å². The number of Topliss-reactive ketones (excluding diaryl/α,β-unsaturated/α-hetero) is 1. The molecule has 2 aromatic rings. The van der Waals surface area contributed by atoms with E-state index in [2.05, 4.69) is 14.8 Å². The zero-order valence-electron chi connectivity index (χ0n) is 12.1. The summed E-state index contributed by atoms with van der Waals surface area (Å²) in [7, 11) is 0. The van der Waals surface area contributed by atoms with E-state index in [0.717, 1.165) is 11.0 Å². The van der Waals surface area contributed by atoms with E-state index in [0.29, 0.717) is 23.3 Å². The number of hydrogen-bond donors (Lipinski definition) is 1. The van der Waals surface area contributed by atoms with Crippen LogP contribution in [0.1, 0.15) is 53.8 Å². The first kappa shape index (κ1) is 13.8. The largest absolute Gasteiger partial charge is 0.508 e. The summed E-state index contributed by atoms with van der Waals surface area (Å²) in [5.41, 5.74) is 0.616. The third kappa shape index (κ3) is 2.75. The molecule has 0 unspecified atom stereocenters. The van der Waals surface area contributed by atoms with Gasteiger partial charge in [-0.15, -0.1) is 10.2 Å². The number of thioether (sulfide) groups is 1. The first-order chi connectivity index (χ1) is 10.7. The summed E-state index contributed by atoms with van der Waals surface area (Å²) >= 11 is 1.47. The number of rotatable bonds is 6. The van der Waals surface area contributed by atoms with Crippen LogP contribution in [0.25, 0.3) is 0 Å². The van der Waals surface area contributed by atoms with E-state index in [1.54, 1.807) is 12.1 Å². The SMILES string of the molecule is O=C(CSc1nnc(C2CC2)n1C1CC1)c1ccc(O)cc1. The number of carbonyl (C=O) groups is 1. The average Bonchev–Trinajstić information content (AvgIpc) is 3.44. The summed E-state index contributed by atoms with van der Waals surface area (Å²) in [5, 5.41) is 18.8. The van der Waals surface area contributed by atoms with Gasteiger partial charge in [0.2, 0.25) is 0 Å². The molecule has 2 aliphatic carbocycles. The lowest BCUT2D eigenvalue weighted by Gasteiger charge is -2.07. The van der Waals surface area contributed by atoms with Crippen LogP contribution in [0.15, 0.2) is 29.4 Å². The molecule has 0 atom stereocenters. The van der Waals surface area contributed by atoms with Gasteiger partial charge < -0.3 is 9.67 Å². The second-order valence-electron chi connectivity index (χ2n) is 5.97. The van der Waals surface area contributed by atoms with Crippen molar-refractivity contribution in [1.29, 1.82) is 0 Å². The van der Waals surface area contributed by atoms with Gasteiger partial charge in [-0.1, -0.05) is 11.8 Å². The lowest BCUT2D eigenvalue weighted by atomic mass is 10.1. The van der Waals surface area contributed by atoms with Gasteiger partial charge in [-0.25, -0.2) is 0 Å². The molecule has 0 amide bonds. The van der Waals surface area contributed by atoms with E-state index >= 15 is 0 Å². The number of carbonyl (C=O) groups excluding carboxylic acids is 1. The van der Waals surface area contributed by atoms with Crippen LogP contribution in [0.2, 0.25) is 0 Å². The first-order valence-electron chi connectivity index (χ1n) is 7.62. The molecule has 1 N–H and O–H groups in total. The van der Waals surface area contributed by atoms with E-state index in [-0.39, 0.29) is 11.5 Å². The molecule has 1 aromatic heterocycles. The number of aromatic hydroxyl groups is 1. The molecule has 4 rings (SSSR count). The van der Waals surface area contributed by atoms with Gasteiger partial charge in [0.1, 0.15) is 11.6 Å². The molecule has 22 heavy (non-hydrogen) atoms. The van der Waals surface area contributed by atoms with Crippen molar-refractivity contribution in [3.05, 3.63) is 35.7 Å². The fourth-order valence-corrected chi connectivity index (χ4v) is 3.45. The van der Waals surface area contributed by atoms with Crippen molar-refractivity contribution in [2.45, 2.75) is 42.8 Å². The van der Waals surface area contributed by atoms with Crippen molar-refractivity contribution < 1.29 is 9.90 Å². The number of phenolic OH excluding ortho intramolecular Hbond substituents is 1. The summed E-state index contributed by atoms with van der Waals surface area (Å²) in [4.78, 5) is 12.2. The van der Waals surface area contributed by atoms with Crippen molar-refractivity contribution >= 4 is 17.5 Å². The summed E-state index contributed by atoms with van der Waals surface area (Å²) in [6, 6.07) is 6.92. The summed E-state index contributed by atoms with van der Waals surface area (Å²) in [5.74, 6) is 2.26. The number of ketones is 1. The van der Waals surface area contributed by atoms with Gasteiger partial charge in [0.05, 0.1) is 5.75 Å². The first-order valence-corrected chi connectivity index (χ1v) is 8.61. The number of benzene rings is 1. The Bertz CT molecular complexity index is 703. The van der Waals surface area contributed by atoms with Crippen LogP contribution in [0.5, 0.6) is 5.75 Å². The van der Waals surface area contributed by atoms with Crippen molar-refractivity contribution in [2.75, 3.05) is 5.75 Å². The maximum atomic E-state index is 12.2. The predicted octanol–water partition coefficient (Wildman–Crippen LogP) is 3.17. The molecule has 0 bridgehead atoms. The Balaban J connectivity index is 1.47. The molecular formula is C16H17N3O2S. The summed E-state index contributed by atoms with van der Waals surface area (Å²) in [6.45, 7) is 0. The van der Waals surface area contributed by atoms with Crippen molar-refractivity contribution in [2.24, 2.45) is 0 Å². The van der Waals surface area contributed by atoms with E-state index in [1.807, 2.05) is 0 Å². The maximum absolute atomic E-state index is 12.2. The molecule has 1 aromatic carbocycles. The highest BCUT2D eigenvalue weighted by molar-refractivity contribution is 7.99. The smallest absolute Gasteiger partial charge is 0.191 e. The Hall–Kier alpha value is -1.82. The minimum Gasteiger partial charge on any atom is -0.508 e. The Labute approximate surface area is 132 Å². The fourth-order valence-electron chi connectivity index (χ4n) is 2.54. The Morgan fingerprint density at radius 3 is 2.55 bits per heavy atom. The Kier molecular flexibility index (Phi) is 3.41. The average molecular weight is 315 g/mol.